The fourth-order valence-electron chi connectivity index (χ4n) is 4.10. The van der Waals surface area contributed by atoms with Crippen molar-refractivity contribution in [3.05, 3.63) is 75.2 Å². The molecule has 2 amide bonds. The Kier molecular flexibility index (Phi) is 8.28. The highest BCUT2D eigenvalue weighted by Crippen LogP contribution is 2.18. The topological polar surface area (TPSA) is 77.6 Å². The Balaban J connectivity index is 1.19. The number of thiazole rings is 1. The molecular weight excluding hydrogens is 458 g/mol. The predicted molar refractivity (Wildman–Crippen MR) is 142 cm³/mol. The van der Waals surface area contributed by atoms with Crippen molar-refractivity contribution < 1.29 is 9.59 Å². The Bertz CT molecular complexity index is 1170. The number of rotatable bonds is 8. The van der Waals surface area contributed by atoms with Crippen molar-refractivity contribution in [3.63, 3.8) is 0 Å². The third-order valence-electron chi connectivity index (χ3n) is 6.34. The van der Waals surface area contributed by atoms with Crippen molar-refractivity contribution in [2.24, 2.45) is 0 Å². The van der Waals surface area contributed by atoms with Crippen molar-refractivity contribution in [1.29, 1.82) is 0 Å². The molecule has 2 aromatic carbocycles. The van der Waals surface area contributed by atoms with Crippen molar-refractivity contribution in [2.45, 2.75) is 33.7 Å². The Morgan fingerprint density at radius 2 is 1.63 bits per heavy atom. The van der Waals surface area contributed by atoms with Gasteiger partial charge in [-0.15, -0.1) is 11.3 Å². The first-order valence-corrected chi connectivity index (χ1v) is 12.8. The minimum atomic E-state index is -0.0532. The lowest BCUT2D eigenvalue weighted by Crippen LogP contribution is -2.48. The molecule has 1 aliphatic rings. The molecule has 8 heteroatoms. The van der Waals surface area contributed by atoms with Crippen LogP contribution in [0.4, 0.5) is 11.4 Å². The second-order valence-electron chi connectivity index (χ2n) is 9.17. The highest BCUT2D eigenvalue weighted by Gasteiger charge is 2.20. The van der Waals surface area contributed by atoms with E-state index in [1.54, 1.807) is 0 Å². The maximum Gasteiger partial charge on any atom is 0.238 e. The SMILES string of the molecule is Cc1ccc(NC(=O)Cc2nc(CN3CCN(CC(=O)Nc4cccc(C)c4C)CC3)cs2)cc1. The molecule has 0 bridgehead atoms. The Morgan fingerprint density at radius 3 is 2.37 bits per heavy atom. The number of amides is 2. The fourth-order valence-corrected chi connectivity index (χ4v) is 4.88. The quantitative estimate of drug-likeness (QED) is 0.498. The van der Waals surface area contributed by atoms with Crippen molar-refractivity contribution in [1.82, 2.24) is 14.8 Å². The monoisotopic (exact) mass is 491 g/mol. The summed E-state index contributed by atoms with van der Waals surface area (Å²) in [4.78, 5) is 34.1. The van der Waals surface area contributed by atoms with Gasteiger partial charge in [0.15, 0.2) is 0 Å². The van der Waals surface area contributed by atoms with Gasteiger partial charge in [-0.1, -0.05) is 29.8 Å². The molecule has 3 aromatic rings. The zero-order valence-electron chi connectivity index (χ0n) is 20.6. The minimum absolute atomic E-state index is 0.0280. The van der Waals surface area contributed by atoms with Crippen LogP contribution in [0, 0.1) is 20.8 Å². The minimum Gasteiger partial charge on any atom is -0.326 e. The number of aromatic nitrogens is 1. The lowest BCUT2D eigenvalue weighted by Gasteiger charge is -2.33. The molecular formula is C27H33N5O2S. The summed E-state index contributed by atoms with van der Waals surface area (Å²) in [5, 5.41) is 8.84. The summed E-state index contributed by atoms with van der Waals surface area (Å²) in [5.41, 5.74) is 6.14. The number of hydrogen-bond acceptors (Lipinski definition) is 6. The van der Waals surface area contributed by atoms with E-state index in [2.05, 4.69) is 38.4 Å². The smallest absolute Gasteiger partial charge is 0.238 e. The van der Waals surface area contributed by atoms with Gasteiger partial charge in [-0.3, -0.25) is 19.4 Å². The van der Waals surface area contributed by atoms with Gasteiger partial charge in [-0.25, -0.2) is 4.98 Å². The summed E-state index contributed by atoms with van der Waals surface area (Å²) in [6.07, 6.45) is 0.280. The molecule has 0 aliphatic carbocycles. The summed E-state index contributed by atoms with van der Waals surface area (Å²) < 4.78 is 0. The van der Waals surface area contributed by atoms with Gasteiger partial charge in [0.05, 0.1) is 18.7 Å². The summed E-state index contributed by atoms with van der Waals surface area (Å²) in [6.45, 7) is 10.7. The third-order valence-corrected chi connectivity index (χ3v) is 7.24. The molecule has 0 saturated carbocycles. The van der Waals surface area contributed by atoms with Crippen LogP contribution in [0.1, 0.15) is 27.4 Å². The summed E-state index contributed by atoms with van der Waals surface area (Å²) in [5.74, 6) is -0.0253. The third kappa shape index (κ3) is 7.21. The number of carbonyl (C=O) groups excluding carboxylic acids is 2. The second kappa shape index (κ2) is 11.6. The zero-order chi connectivity index (χ0) is 24.8. The van der Waals surface area contributed by atoms with E-state index in [9.17, 15) is 9.59 Å². The molecule has 2 N–H and O–H groups in total. The molecule has 4 rings (SSSR count). The van der Waals surface area contributed by atoms with Gasteiger partial charge in [0.2, 0.25) is 11.8 Å². The molecule has 0 radical (unpaired) electrons. The van der Waals surface area contributed by atoms with Gasteiger partial charge in [0.25, 0.3) is 0 Å². The summed E-state index contributed by atoms with van der Waals surface area (Å²) in [7, 11) is 0. The van der Waals surface area contributed by atoms with Gasteiger partial charge in [0.1, 0.15) is 5.01 Å². The number of nitrogens with zero attached hydrogens (tertiary/aromatic N) is 3. The highest BCUT2D eigenvalue weighted by atomic mass is 32.1. The normalized spacial score (nSPS) is 14.6. The molecule has 0 unspecified atom stereocenters. The van der Waals surface area contributed by atoms with E-state index in [0.29, 0.717) is 6.54 Å². The van der Waals surface area contributed by atoms with Crippen LogP contribution in [-0.2, 0) is 22.6 Å². The molecule has 35 heavy (non-hydrogen) atoms. The van der Waals surface area contributed by atoms with E-state index in [1.165, 1.54) is 16.9 Å². The molecule has 1 aromatic heterocycles. The number of carbonyl (C=O) groups is 2. The number of anilines is 2. The van der Waals surface area contributed by atoms with E-state index in [0.717, 1.165) is 65.9 Å². The van der Waals surface area contributed by atoms with Gasteiger partial charge < -0.3 is 10.6 Å². The Morgan fingerprint density at radius 1 is 0.914 bits per heavy atom. The van der Waals surface area contributed by atoms with Gasteiger partial charge in [-0.05, 0) is 50.1 Å². The van der Waals surface area contributed by atoms with Gasteiger partial charge in [-0.2, -0.15) is 0 Å². The van der Waals surface area contributed by atoms with E-state index in [1.807, 2.05) is 55.6 Å². The molecule has 184 valence electrons. The molecule has 1 fully saturated rings. The average Bonchev–Trinajstić information content (AvgIpc) is 3.26. The number of hydrogen-bond donors (Lipinski definition) is 2. The molecule has 1 aliphatic heterocycles. The highest BCUT2D eigenvalue weighted by molar-refractivity contribution is 7.09. The van der Waals surface area contributed by atoms with E-state index < -0.39 is 0 Å². The standard InChI is InChI=1S/C27H33N5O2S/c1-19-7-9-22(10-8-19)28-25(33)15-27-29-23(18-35-27)16-31-11-13-32(14-12-31)17-26(34)30-24-6-4-5-20(2)21(24)3/h4-10,18H,11-17H2,1-3H3,(H,28,33)(H,30,34). The summed E-state index contributed by atoms with van der Waals surface area (Å²) >= 11 is 1.53. The average molecular weight is 492 g/mol. The van der Waals surface area contributed by atoms with Crippen LogP contribution >= 0.6 is 11.3 Å². The van der Waals surface area contributed by atoms with Crippen molar-refractivity contribution in [3.8, 4) is 0 Å². The first kappa shape index (κ1) is 25.0. The van der Waals surface area contributed by atoms with Crippen LogP contribution in [0.25, 0.3) is 0 Å². The lowest BCUT2D eigenvalue weighted by molar-refractivity contribution is -0.118. The van der Waals surface area contributed by atoms with Crippen molar-refractivity contribution in [2.75, 3.05) is 43.4 Å². The van der Waals surface area contributed by atoms with E-state index in [-0.39, 0.29) is 18.2 Å². The number of nitrogens with one attached hydrogen (secondary N) is 2. The Labute approximate surface area is 211 Å². The van der Waals surface area contributed by atoms with E-state index in [4.69, 9.17) is 0 Å². The maximum atomic E-state index is 12.5. The van der Waals surface area contributed by atoms with Crippen LogP contribution < -0.4 is 10.6 Å². The first-order chi connectivity index (χ1) is 16.9. The van der Waals surface area contributed by atoms with Gasteiger partial charge >= 0.3 is 0 Å². The molecule has 2 heterocycles. The summed E-state index contributed by atoms with van der Waals surface area (Å²) in [6, 6.07) is 13.8. The van der Waals surface area contributed by atoms with Crippen LogP contribution in [0.5, 0.6) is 0 Å². The van der Waals surface area contributed by atoms with Crippen LogP contribution in [0.3, 0.4) is 0 Å². The number of benzene rings is 2. The first-order valence-electron chi connectivity index (χ1n) is 12.0. The van der Waals surface area contributed by atoms with Gasteiger partial charge in [0, 0.05) is 49.5 Å². The molecule has 0 spiro atoms. The maximum absolute atomic E-state index is 12.5. The van der Waals surface area contributed by atoms with Crippen LogP contribution in [0.2, 0.25) is 0 Å². The van der Waals surface area contributed by atoms with Crippen LogP contribution in [0.15, 0.2) is 47.8 Å². The second-order valence-corrected chi connectivity index (χ2v) is 10.1. The van der Waals surface area contributed by atoms with Crippen LogP contribution in [-0.4, -0.2) is 59.3 Å². The molecule has 0 atom stereocenters. The fraction of sp³-hybridized carbons (Fsp3) is 0.370. The molecule has 7 nitrogen and oxygen atoms in total. The molecule has 1 saturated heterocycles. The number of piperazine rings is 1. The predicted octanol–water partition coefficient (Wildman–Crippen LogP) is 4.01. The zero-order valence-corrected chi connectivity index (χ0v) is 21.5. The largest absolute Gasteiger partial charge is 0.326 e. The lowest BCUT2D eigenvalue weighted by atomic mass is 10.1. The number of aryl methyl sites for hydroxylation is 2. The Hall–Kier alpha value is -3.07. The van der Waals surface area contributed by atoms with Crippen molar-refractivity contribution >= 4 is 34.5 Å². The van der Waals surface area contributed by atoms with E-state index >= 15 is 0 Å².